The average molecular weight is 312 g/mol. The minimum Gasteiger partial charge on any atom is -0.497 e. The molecule has 1 aliphatic heterocycles. The first-order valence-electron chi connectivity index (χ1n) is 8.51. The Morgan fingerprint density at radius 2 is 1.65 bits per heavy atom. The van der Waals surface area contributed by atoms with E-state index in [-0.39, 0.29) is 5.41 Å². The molecule has 2 aromatic rings. The van der Waals surface area contributed by atoms with Crippen molar-refractivity contribution in [2.75, 3.05) is 33.3 Å². The molecule has 0 radical (unpaired) electrons. The van der Waals surface area contributed by atoms with Crippen molar-refractivity contribution in [1.82, 2.24) is 10.2 Å². The van der Waals surface area contributed by atoms with Gasteiger partial charge >= 0.3 is 0 Å². The molecule has 3 rings (SSSR count). The highest BCUT2D eigenvalue weighted by molar-refractivity contribution is 5.84. The van der Waals surface area contributed by atoms with Crippen LogP contribution in [-0.2, 0) is 0 Å². The van der Waals surface area contributed by atoms with Gasteiger partial charge in [-0.3, -0.25) is 4.90 Å². The van der Waals surface area contributed by atoms with E-state index in [1.165, 1.54) is 16.3 Å². The smallest absolute Gasteiger partial charge is 0.119 e. The molecule has 0 amide bonds. The minimum absolute atomic E-state index is 0.206. The second kappa shape index (κ2) is 6.50. The summed E-state index contributed by atoms with van der Waals surface area (Å²) < 4.78 is 5.33. The van der Waals surface area contributed by atoms with Crippen LogP contribution in [0.2, 0.25) is 0 Å². The number of hydrogen-bond acceptors (Lipinski definition) is 3. The zero-order valence-corrected chi connectivity index (χ0v) is 14.7. The summed E-state index contributed by atoms with van der Waals surface area (Å²) in [4.78, 5) is 2.63. The van der Waals surface area contributed by atoms with Gasteiger partial charge in [-0.25, -0.2) is 0 Å². The molecule has 1 saturated heterocycles. The van der Waals surface area contributed by atoms with Gasteiger partial charge in [-0.1, -0.05) is 39.0 Å². The lowest BCUT2D eigenvalue weighted by atomic mass is 9.80. The van der Waals surface area contributed by atoms with Crippen molar-refractivity contribution in [3.8, 4) is 5.75 Å². The van der Waals surface area contributed by atoms with E-state index in [4.69, 9.17) is 4.74 Å². The molecule has 1 heterocycles. The molecule has 0 aromatic heterocycles. The number of fused-ring (bicyclic) bond motifs is 1. The molecule has 3 nitrogen and oxygen atoms in total. The molecule has 2 aromatic carbocycles. The standard InChI is InChI=1S/C20H28N2O/c1-20(2,3)19(22-11-9-21-10-12-22)17-6-5-16-14-18(23-4)8-7-15(16)13-17/h5-8,13-14,19,21H,9-12H2,1-4H3/t19-/m0/s1. The zero-order chi connectivity index (χ0) is 16.4. The maximum atomic E-state index is 5.33. The van der Waals surface area contributed by atoms with E-state index in [0.29, 0.717) is 6.04 Å². The predicted octanol–water partition coefficient (Wildman–Crippen LogP) is 3.84. The Morgan fingerprint density at radius 1 is 1.00 bits per heavy atom. The molecule has 1 N–H and O–H groups in total. The molecule has 124 valence electrons. The predicted molar refractivity (Wildman–Crippen MR) is 97.1 cm³/mol. The Labute approximate surface area is 139 Å². The molecule has 3 heteroatoms. The maximum Gasteiger partial charge on any atom is 0.119 e. The number of ether oxygens (including phenoxy) is 1. The second-order valence-electron chi connectivity index (χ2n) is 7.53. The molecule has 1 aliphatic rings. The van der Waals surface area contributed by atoms with E-state index in [1.54, 1.807) is 7.11 Å². The summed E-state index contributed by atoms with van der Waals surface area (Å²) in [5.74, 6) is 0.916. The highest BCUT2D eigenvalue weighted by atomic mass is 16.5. The first-order valence-corrected chi connectivity index (χ1v) is 8.51. The number of methoxy groups -OCH3 is 1. The number of piperazine rings is 1. The van der Waals surface area contributed by atoms with Gasteiger partial charge in [0.15, 0.2) is 0 Å². The molecule has 23 heavy (non-hydrogen) atoms. The molecule has 0 saturated carbocycles. The van der Waals surface area contributed by atoms with Crippen molar-refractivity contribution in [3.05, 3.63) is 42.0 Å². The van der Waals surface area contributed by atoms with Crippen molar-refractivity contribution < 1.29 is 4.74 Å². The van der Waals surface area contributed by atoms with E-state index < -0.39 is 0 Å². The number of hydrogen-bond donors (Lipinski definition) is 1. The SMILES string of the molecule is COc1ccc2cc([C@H](N3CCNCC3)C(C)(C)C)ccc2c1. The van der Waals surface area contributed by atoms with Crippen LogP contribution in [0, 0.1) is 5.41 Å². The molecule has 0 unspecified atom stereocenters. The number of nitrogens with zero attached hydrogens (tertiary/aromatic N) is 1. The minimum atomic E-state index is 0.206. The summed E-state index contributed by atoms with van der Waals surface area (Å²) in [5.41, 5.74) is 1.62. The lowest BCUT2D eigenvalue weighted by Gasteiger charge is -2.42. The summed E-state index contributed by atoms with van der Waals surface area (Å²) in [5, 5.41) is 5.98. The van der Waals surface area contributed by atoms with Crippen LogP contribution in [0.15, 0.2) is 36.4 Å². The van der Waals surface area contributed by atoms with Crippen LogP contribution < -0.4 is 10.1 Å². The molecule has 1 atom stereocenters. The highest BCUT2D eigenvalue weighted by Crippen LogP contribution is 2.39. The fraction of sp³-hybridized carbons (Fsp3) is 0.500. The fourth-order valence-electron chi connectivity index (χ4n) is 3.74. The lowest BCUT2D eigenvalue weighted by Crippen LogP contribution is -2.48. The van der Waals surface area contributed by atoms with Gasteiger partial charge in [0.1, 0.15) is 5.75 Å². The Hall–Kier alpha value is -1.58. The summed E-state index contributed by atoms with van der Waals surface area (Å²) >= 11 is 0. The summed E-state index contributed by atoms with van der Waals surface area (Å²) in [7, 11) is 1.72. The van der Waals surface area contributed by atoms with E-state index in [1.807, 2.05) is 6.07 Å². The first kappa shape index (κ1) is 16.3. The van der Waals surface area contributed by atoms with Crippen LogP contribution in [0.4, 0.5) is 0 Å². The Morgan fingerprint density at radius 3 is 2.30 bits per heavy atom. The quantitative estimate of drug-likeness (QED) is 0.932. The molecular weight excluding hydrogens is 284 g/mol. The van der Waals surface area contributed by atoms with Crippen LogP contribution in [0.1, 0.15) is 32.4 Å². The first-order chi connectivity index (χ1) is 11.0. The van der Waals surface area contributed by atoms with Gasteiger partial charge in [-0.2, -0.15) is 0 Å². The normalized spacial score (nSPS) is 18.1. The van der Waals surface area contributed by atoms with Crippen LogP contribution in [0.5, 0.6) is 5.75 Å². The van der Waals surface area contributed by atoms with Gasteiger partial charge in [-0.15, -0.1) is 0 Å². The monoisotopic (exact) mass is 312 g/mol. The van der Waals surface area contributed by atoms with Crippen LogP contribution in [0.3, 0.4) is 0 Å². The topological polar surface area (TPSA) is 24.5 Å². The summed E-state index contributed by atoms with van der Waals surface area (Å²) in [6.45, 7) is 11.4. The van der Waals surface area contributed by atoms with Crippen LogP contribution >= 0.6 is 0 Å². The Kier molecular flexibility index (Phi) is 4.60. The van der Waals surface area contributed by atoms with Crippen LogP contribution in [0.25, 0.3) is 10.8 Å². The van der Waals surface area contributed by atoms with Crippen molar-refractivity contribution >= 4 is 10.8 Å². The van der Waals surface area contributed by atoms with Gasteiger partial charge < -0.3 is 10.1 Å². The fourth-order valence-corrected chi connectivity index (χ4v) is 3.74. The van der Waals surface area contributed by atoms with Gasteiger partial charge in [0.2, 0.25) is 0 Å². The van der Waals surface area contributed by atoms with E-state index in [2.05, 4.69) is 61.3 Å². The van der Waals surface area contributed by atoms with Crippen molar-refractivity contribution in [2.45, 2.75) is 26.8 Å². The van der Waals surface area contributed by atoms with Gasteiger partial charge in [0.25, 0.3) is 0 Å². The van der Waals surface area contributed by atoms with Gasteiger partial charge in [-0.05, 0) is 39.9 Å². The van der Waals surface area contributed by atoms with E-state index >= 15 is 0 Å². The van der Waals surface area contributed by atoms with E-state index in [0.717, 1.165) is 31.9 Å². The molecule has 0 spiro atoms. The Balaban J connectivity index is 2.00. The third-order valence-electron chi connectivity index (χ3n) is 4.72. The van der Waals surface area contributed by atoms with Gasteiger partial charge in [0, 0.05) is 32.2 Å². The molecule has 1 fully saturated rings. The van der Waals surface area contributed by atoms with Crippen molar-refractivity contribution in [2.24, 2.45) is 5.41 Å². The Bertz CT molecular complexity index is 669. The van der Waals surface area contributed by atoms with Gasteiger partial charge in [0.05, 0.1) is 7.11 Å². The highest BCUT2D eigenvalue weighted by Gasteiger charge is 2.32. The van der Waals surface area contributed by atoms with Crippen LogP contribution in [-0.4, -0.2) is 38.2 Å². The molecule has 0 aliphatic carbocycles. The average Bonchev–Trinajstić information content (AvgIpc) is 2.54. The number of rotatable bonds is 3. The lowest BCUT2D eigenvalue weighted by molar-refractivity contribution is 0.0863. The molecule has 0 bridgehead atoms. The number of benzene rings is 2. The summed E-state index contributed by atoms with van der Waals surface area (Å²) in [6, 6.07) is 13.6. The van der Waals surface area contributed by atoms with Crippen molar-refractivity contribution in [1.29, 1.82) is 0 Å². The third-order valence-corrected chi connectivity index (χ3v) is 4.72. The molecular formula is C20H28N2O. The third kappa shape index (κ3) is 3.51. The largest absolute Gasteiger partial charge is 0.497 e. The van der Waals surface area contributed by atoms with E-state index in [9.17, 15) is 0 Å². The second-order valence-corrected chi connectivity index (χ2v) is 7.53. The number of nitrogens with one attached hydrogen (secondary N) is 1. The summed E-state index contributed by atoms with van der Waals surface area (Å²) in [6.07, 6.45) is 0. The zero-order valence-electron chi connectivity index (χ0n) is 14.7. The maximum absolute atomic E-state index is 5.33. The van der Waals surface area contributed by atoms with Crippen molar-refractivity contribution in [3.63, 3.8) is 0 Å².